The van der Waals surface area contributed by atoms with Crippen LogP contribution in [0.3, 0.4) is 0 Å². The molecule has 0 N–H and O–H groups in total. The lowest BCUT2D eigenvalue weighted by atomic mass is 10.2. The monoisotopic (exact) mass is 168 g/mol. The van der Waals surface area contributed by atoms with Gasteiger partial charge in [0.15, 0.2) is 0 Å². The van der Waals surface area contributed by atoms with Gasteiger partial charge in [0.25, 0.3) is 0 Å². The van der Waals surface area contributed by atoms with Crippen LogP contribution in [0, 0.1) is 6.92 Å². The third-order valence-corrected chi connectivity index (χ3v) is 1.94. The summed E-state index contributed by atoms with van der Waals surface area (Å²) >= 11 is 0. The van der Waals surface area contributed by atoms with Crippen LogP contribution < -0.4 is 0 Å². The van der Waals surface area contributed by atoms with Gasteiger partial charge in [-0.2, -0.15) is 0 Å². The van der Waals surface area contributed by atoms with Gasteiger partial charge in [0.2, 0.25) is 0 Å². The molecular formula is C11H22N. The zero-order valence-electron chi connectivity index (χ0n) is 8.39. The molecule has 1 radical (unpaired) electrons. The molecule has 12 heavy (non-hydrogen) atoms. The van der Waals surface area contributed by atoms with Gasteiger partial charge in [-0.1, -0.05) is 32.8 Å². The molecule has 0 saturated carbocycles. The van der Waals surface area contributed by atoms with Crippen molar-refractivity contribution < 1.29 is 0 Å². The van der Waals surface area contributed by atoms with Gasteiger partial charge < -0.3 is 0 Å². The van der Waals surface area contributed by atoms with Crippen molar-refractivity contribution in [2.75, 3.05) is 19.6 Å². The summed E-state index contributed by atoms with van der Waals surface area (Å²) in [5.74, 6) is 0. The summed E-state index contributed by atoms with van der Waals surface area (Å²) in [5.41, 5.74) is 0. The summed E-state index contributed by atoms with van der Waals surface area (Å²) in [4.78, 5) is 2.41. The highest BCUT2D eigenvalue weighted by Crippen LogP contribution is 1.99. The highest BCUT2D eigenvalue weighted by Gasteiger charge is 1.99. The molecule has 0 rings (SSSR count). The van der Waals surface area contributed by atoms with Gasteiger partial charge in [0, 0.05) is 6.54 Å². The molecule has 0 bridgehead atoms. The first kappa shape index (κ1) is 11.7. The molecular weight excluding hydrogens is 146 g/mol. The number of nitrogens with zero attached hydrogens (tertiary/aromatic N) is 1. The van der Waals surface area contributed by atoms with Crippen LogP contribution in [-0.4, -0.2) is 24.5 Å². The third kappa shape index (κ3) is 6.41. The first-order valence-electron chi connectivity index (χ1n) is 4.97. The average Bonchev–Trinajstić information content (AvgIpc) is 2.06. The molecule has 1 nitrogen and oxygen atoms in total. The molecule has 0 aromatic heterocycles. The molecule has 71 valence electrons. The fourth-order valence-corrected chi connectivity index (χ4v) is 1.29. The van der Waals surface area contributed by atoms with E-state index in [4.69, 9.17) is 0 Å². The van der Waals surface area contributed by atoms with Crippen molar-refractivity contribution in [1.82, 2.24) is 4.90 Å². The first-order valence-corrected chi connectivity index (χ1v) is 4.97. The van der Waals surface area contributed by atoms with Crippen molar-refractivity contribution in [3.8, 4) is 0 Å². The highest BCUT2D eigenvalue weighted by atomic mass is 15.1. The van der Waals surface area contributed by atoms with Crippen molar-refractivity contribution in [3.05, 3.63) is 19.6 Å². The fraction of sp³-hybridized carbons (Fsp3) is 0.727. The van der Waals surface area contributed by atoms with Gasteiger partial charge in [0.05, 0.1) is 0 Å². The quantitative estimate of drug-likeness (QED) is 0.398. The van der Waals surface area contributed by atoms with Crippen LogP contribution in [0.1, 0.15) is 32.6 Å². The van der Waals surface area contributed by atoms with Gasteiger partial charge in [-0.25, -0.2) is 0 Å². The van der Waals surface area contributed by atoms with Crippen LogP contribution in [0.4, 0.5) is 0 Å². The lowest BCUT2D eigenvalue weighted by Crippen LogP contribution is -2.25. The molecule has 0 aliphatic heterocycles. The van der Waals surface area contributed by atoms with Gasteiger partial charge in [-0.15, -0.1) is 6.58 Å². The van der Waals surface area contributed by atoms with Crippen LogP contribution in [0.2, 0.25) is 0 Å². The molecule has 0 aliphatic carbocycles. The molecule has 1 heteroatoms. The zero-order chi connectivity index (χ0) is 9.23. The Hall–Kier alpha value is -0.300. The van der Waals surface area contributed by atoms with E-state index in [1.165, 1.54) is 25.8 Å². The summed E-state index contributed by atoms with van der Waals surface area (Å²) in [6.45, 7) is 13.2. The van der Waals surface area contributed by atoms with E-state index >= 15 is 0 Å². The van der Waals surface area contributed by atoms with Crippen molar-refractivity contribution in [2.24, 2.45) is 0 Å². The molecule has 0 aliphatic rings. The highest BCUT2D eigenvalue weighted by molar-refractivity contribution is 4.73. The molecule has 0 aromatic rings. The predicted molar refractivity (Wildman–Crippen MR) is 56.1 cm³/mol. The summed E-state index contributed by atoms with van der Waals surface area (Å²) < 4.78 is 0. The Balaban J connectivity index is 3.40. The zero-order valence-corrected chi connectivity index (χ0v) is 8.39. The number of hydrogen-bond acceptors (Lipinski definition) is 1. The number of hydrogen-bond donors (Lipinski definition) is 0. The second kappa shape index (κ2) is 8.79. The average molecular weight is 168 g/mol. The normalized spacial score (nSPS) is 10.6. The second-order valence-electron chi connectivity index (χ2n) is 3.15. The van der Waals surface area contributed by atoms with E-state index in [9.17, 15) is 0 Å². The fourth-order valence-electron chi connectivity index (χ4n) is 1.29. The smallest absolute Gasteiger partial charge is 0.0160 e. The van der Waals surface area contributed by atoms with Crippen molar-refractivity contribution >= 4 is 0 Å². The van der Waals surface area contributed by atoms with E-state index in [2.05, 4.69) is 25.3 Å². The molecule has 0 spiro atoms. The Morgan fingerprint density at radius 1 is 1.25 bits per heavy atom. The minimum atomic E-state index is 1.000. The molecule has 0 saturated heterocycles. The minimum Gasteiger partial charge on any atom is -0.300 e. The Morgan fingerprint density at radius 2 is 2.00 bits per heavy atom. The first-order chi connectivity index (χ1) is 5.85. The molecule has 0 fully saturated rings. The lowest BCUT2D eigenvalue weighted by Gasteiger charge is -2.19. The summed E-state index contributed by atoms with van der Waals surface area (Å²) in [6, 6.07) is 0. The van der Waals surface area contributed by atoms with Crippen LogP contribution >= 0.6 is 0 Å². The largest absolute Gasteiger partial charge is 0.300 e. The van der Waals surface area contributed by atoms with E-state index in [1.54, 1.807) is 0 Å². The SMILES string of the molecule is [CH2]CCN(CC=C)CCCCC. The van der Waals surface area contributed by atoms with Gasteiger partial charge in [-0.3, -0.25) is 4.90 Å². The Bertz CT molecular complexity index is 99.2. The maximum Gasteiger partial charge on any atom is 0.0160 e. The van der Waals surface area contributed by atoms with Crippen LogP contribution in [0.15, 0.2) is 12.7 Å². The lowest BCUT2D eigenvalue weighted by molar-refractivity contribution is 0.300. The topological polar surface area (TPSA) is 3.24 Å². The second-order valence-corrected chi connectivity index (χ2v) is 3.15. The Labute approximate surface area is 77.5 Å². The molecule has 0 aromatic carbocycles. The number of rotatable bonds is 8. The molecule has 0 unspecified atom stereocenters. The maximum absolute atomic E-state index is 3.86. The molecule has 0 heterocycles. The third-order valence-electron chi connectivity index (χ3n) is 1.94. The van der Waals surface area contributed by atoms with E-state index in [0.717, 1.165) is 19.5 Å². The summed E-state index contributed by atoms with van der Waals surface area (Å²) in [6.07, 6.45) is 6.92. The van der Waals surface area contributed by atoms with Crippen LogP contribution in [0.5, 0.6) is 0 Å². The van der Waals surface area contributed by atoms with E-state index in [0.29, 0.717) is 0 Å². The van der Waals surface area contributed by atoms with Crippen molar-refractivity contribution in [1.29, 1.82) is 0 Å². The maximum atomic E-state index is 3.86. The predicted octanol–water partition coefficient (Wildman–Crippen LogP) is 2.89. The Kier molecular flexibility index (Phi) is 8.57. The molecule has 0 atom stereocenters. The van der Waals surface area contributed by atoms with Crippen molar-refractivity contribution in [2.45, 2.75) is 32.6 Å². The number of unbranched alkanes of at least 4 members (excludes halogenated alkanes) is 2. The Morgan fingerprint density at radius 3 is 2.50 bits per heavy atom. The van der Waals surface area contributed by atoms with E-state index < -0.39 is 0 Å². The summed E-state index contributed by atoms with van der Waals surface area (Å²) in [7, 11) is 0. The van der Waals surface area contributed by atoms with Gasteiger partial charge in [-0.05, 0) is 25.9 Å². The minimum absolute atomic E-state index is 1.000. The van der Waals surface area contributed by atoms with Gasteiger partial charge >= 0.3 is 0 Å². The van der Waals surface area contributed by atoms with Crippen LogP contribution in [-0.2, 0) is 0 Å². The summed E-state index contributed by atoms with van der Waals surface area (Å²) in [5, 5.41) is 0. The van der Waals surface area contributed by atoms with Crippen LogP contribution in [0.25, 0.3) is 0 Å². The van der Waals surface area contributed by atoms with Crippen molar-refractivity contribution in [3.63, 3.8) is 0 Å². The standard InChI is InChI=1S/C11H22N/c1-4-7-8-11-12(9-5-2)10-6-3/h5H,2-4,6-11H2,1H3. The van der Waals surface area contributed by atoms with Gasteiger partial charge in [0.1, 0.15) is 0 Å². The van der Waals surface area contributed by atoms with E-state index in [-0.39, 0.29) is 0 Å². The molecule has 0 amide bonds. The van der Waals surface area contributed by atoms with E-state index in [1.807, 2.05) is 6.08 Å².